The van der Waals surface area contributed by atoms with Gasteiger partial charge in [0, 0.05) is 24.5 Å². The van der Waals surface area contributed by atoms with Crippen LogP contribution in [0.25, 0.3) is 0 Å². The maximum Gasteiger partial charge on any atom is 0.342 e. The number of hydrogen-bond donors (Lipinski definition) is 1. The molecule has 0 unspecified atom stereocenters. The highest BCUT2D eigenvalue weighted by Crippen LogP contribution is 2.27. The molecule has 2 aromatic carbocycles. The molecular weight excluding hydrogens is 384 g/mol. The molecule has 0 radical (unpaired) electrons. The molecule has 1 amide bonds. The largest absolute Gasteiger partial charge is 0.490 e. The quantitative estimate of drug-likeness (QED) is 0.473. The first-order valence-electron chi connectivity index (χ1n) is 9.59. The highest BCUT2D eigenvalue weighted by atomic mass is 16.6. The smallest absolute Gasteiger partial charge is 0.342 e. The van der Waals surface area contributed by atoms with Crippen molar-refractivity contribution in [2.75, 3.05) is 18.5 Å². The molecule has 7 heteroatoms. The lowest BCUT2D eigenvalue weighted by molar-refractivity contribution is -0.116. The lowest BCUT2D eigenvalue weighted by Gasteiger charge is -2.17. The zero-order valence-corrected chi connectivity index (χ0v) is 16.2. The SMILES string of the molecule is O=C1CCc2cc(OCCOC(=O)c3ccccc3Oc3ccncc3)ccc2N1. The molecule has 0 saturated heterocycles. The molecule has 0 aliphatic carbocycles. The van der Waals surface area contributed by atoms with Crippen molar-refractivity contribution >= 4 is 17.6 Å². The van der Waals surface area contributed by atoms with Crippen LogP contribution in [-0.4, -0.2) is 30.1 Å². The third kappa shape index (κ3) is 4.75. The van der Waals surface area contributed by atoms with Crippen LogP contribution in [0.2, 0.25) is 0 Å². The Kier molecular flexibility index (Phi) is 5.89. The zero-order chi connectivity index (χ0) is 20.8. The van der Waals surface area contributed by atoms with Crippen LogP contribution >= 0.6 is 0 Å². The van der Waals surface area contributed by atoms with E-state index in [9.17, 15) is 9.59 Å². The van der Waals surface area contributed by atoms with Crippen LogP contribution in [0.5, 0.6) is 17.2 Å². The van der Waals surface area contributed by atoms with Crippen molar-refractivity contribution < 1.29 is 23.8 Å². The molecule has 152 valence electrons. The molecule has 1 aromatic heterocycles. The van der Waals surface area contributed by atoms with Crippen molar-refractivity contribution in [2.24, 2.45) is 0 Å². The van der Waals surface area contributed by atoms with Crippen LogP contribution in [-0.2, 0) is 16.0 Å². The van der Waals surface area contributed by atoms with Gasteiger partial charge in [-0.3, -0.25) is 9.78 Å². The Morgan fingerprint density at radius 2 is 1.80 bits per heavy atom. The molecule has 0 atom stereocenters. The van der Waals surface area contributed by atoms with E-state index >= 15 is 0 Å². The molecule has 1 aliphatic rings. The van der Waals surface area contributed by atoms with Crippen LogP contribution in [0.3, 0.4) is 0 Å². The summed E-state index contributed by atoms with van der Waals surface area (Å²) in [5, 5.41) is 2.83. The summed E-state index contributed by atoms with van der Waals surface area (Å²) in [6.45, 7) is 0.306. The van der Waals surface area contributed by atoms with Crippen LogP contribution < -0.4 is 14.8 Å². The first-order chi connectivity index (χ1) is 14.7. The second-order valence-corrected chi connectivity index (χ2v) is 6.63. The number of benzene rings is 2. The number of nitrogens with one attached hydrogen (secondary N) is 1. The highest BCUT2D eigenvalue weighted by molar-refractivity contribution is 5.94. The van der Waals surface area contributed by atoms with Crippen LogP contribution in [0.4, 0.5) is 5.69 Å². The summed E-state index contributed by atoms with van der Waals surface area (Å²) in [6, 6.07) is 15.8. The minimum atomic E-state index is -0.489. The van der Waals surface area contributed by atoms with E-state index < -0.39 is 5.97 Å². The Hall–Kier alpha value is -3.87. The Morgan fingerprint density at radius 1 is 0.967 bits per heavy atom. The van der Waals surface area contributed by atoms with E-state index in [2.05, 4.69) is 10.3 Å². The van der Waals surface area contributed by atoms with Gasteiger partial charge in [0.25, 0.3) is 0 Å². The predicted octanol–water partition coefficient (Wildman–Crippen LogP) is 3.99. The number of esters is 1. The van der Waals surface area contributed by atoms with E-state index in [-0.39, 0.29) is 19.1 Å². The fraction of sp³-hybridized carbons (Fsp3) is 0.174. The third-order valence-electron chi connectivity index (χ3n) is 4.54. The van der Waals surface area contributed by atoms with Gasteiger partial charge in [-0.1, -0.05) is 12.1 Å². The number of ether oxygens (including phenoxy) is 3. The van der Waals surface area contributed by atoms with Crippen molar-refractivity contribution in [3.63, 3.8) is 0 Å². The van der Waals surface area contributed by atoms with Crippen molar-refractivity contribution in [2.45, 2.75) is 12.8 Å². The number of nitrogens with zero attached hydrogens (tertiary/aromatic N) is 1. The number of anilines is 1. The van der Waals surface area contributed by atoms with E-state index in [0.29, 0.717) is 35.7 Å². The molecule has 4 rings (SSSR count). The minimum absolute atomic E-state index is 0.0243. The average Bonchev–Trinajstić information content (AvgIpc) is 2.77. The van der Waals surface area contributed by atoms with Crippen molar-refractivity contribution in [1.82, 2.24) is 4.98 Å². The van der Waals surface area contributed by atoms with Gasteiger partial charge >= 0.3 is 5.97 Å². The Balaban J connectivity index is 1.31. The van der Waals surface area contributed by atoms with Crippen molar-refractivity contribution in [1.29, 1.82) is 0 Å². The normalized spacial score (nSPS) is 12.5. The number of rotatable bonds is 7. The molecule has 0 bridgehead atoms. The maximum absolute atomic E-state index is 12.5. The van der Waals surface area contributed by atoms with Crippen LogP contribution in [0.1, 0.15) is 22.3 Å². The number of carbonyl (C=O) groups is 2. The molecule has 0 fully saturated rings. The molecule has 0 spiro atoms. The summed E-state index contributed by atoms with van der Waals surface area (Å²) < 4.78 is 16.8. The number of hydrogen-bond acceptors (Lipinski definition) is 6. The second kappa shape index (κ2) is 9.09. The number of pyridine rings is 1. The van der Waals surface area contributed by atoms with Crippen LogP contribution in [0.15, 0.2) is 67.0 Å². The van der Waals surface area contributed by atoms with Gasteiger partial charge in [-0.2, -0.15) is 0 Å². The van der Waals surface area contributed by atoms with Gasteiger partial charge in [0.15, 0.2) is 0 Å². The van der Waals surface area contributed by atoms with Gasteiger partial charge in [0.05, 0.1) is 0 Å². The Labute approximate surface area is 173 Å². The lowest BCUT2D eigenvalue weighted by Crippen LogP contribution is -2.19. The van der Waals surface area contributed by atoms with E-state index in [4.69, 9.17) is 14.2 Å². The molecule has 0 saturated carbocycles. The first kappa shape index (κ1) is 19.4. The molecular formula is C23H20N2O5. The maximum atomic E-state index is 12.5. The van der Waals surface area contributed by atoms with Gasteiger partial charge in [0.1, 0.15) is 36.0 Å². The van der Waals surface area contributed by atoms with E-state index in [1.165, 1.54) is 0 Å². The number of para-hydroxylation sites is 1. The Morgan fingerprint density at radius 3 is 2.67 bits per heavy atom. The van der Waals surface area contributed by atoms with E-state index in [0.717, 1.165) is 11.3 Å². The summed E-state index contributed by atoms with van der Waals surface area (Å²) in [6.07, 6.45) is 4.38. The van der Waals surface area contributed by atoms with Gasteiger partial charge in [-0.25, -0.2) is 4.79 Å². The fourth-order valence-electron chi connectivity index (χ4n) is 3.08. The molecule has 1 aliphatic heterocycles. The molecule has 1 N–H and O–H groups in total. The van der Waals surface area contributed by atoms with E-state index in [1.807, 2.05) is 12.1 Å². The molecule has 2 heterocycles. The predicted molar refractivity (Wildman–Crippen MR) is 110 cm³/mol. The summed E-state index contributed by atoms with van der Waals surface area (Å²) in [4.78, 5) is 27.8. The van der Waals surface area contributed by atoms with Gasteiger partial charge in [0.2, 0.25) is 5.91 Å². The first-order valence-corrected chi connectivity index (χ1v) is 9.59. The summed E-state index contributed by atoms with van der Waals surface area (Å²) in [5.41, 5.74) is 2.18. The average molecular weight is 404 g/mol. The van der Waals surface area contributed by atoms with E-state index in [1.54, 1.807) is 54.9 Å². The van der Waals surface area contributed by atoms with Gasteiger partial charge in [-0.15, -0.1) is 0 Å². The van der Waals surface area contributed by atoms with Gasteiger partial charge in [-0.05, 0) is 54.4 Å². The number of aromatic nitrogens is 1. The monoisotopic (exact) mass is 404 g/mol. The molecule has 30 heavy (non-hydrogen) atoms. The van der Waals surface area contributed by atoms with Crippen LogP contribution in [0, 0.1) is 0 Å². The Bertz CT molecular complexity index is 1050. The fourth-order valence-corrected chi connectivity index (χ4v) is 3.08. The summed E-state index contributed by atoms with van der Waals surface area (Å²) in [5.74, 6) is 1.19. The molecule has 7 nitrogen and oxygen atoms in total. The minimum Gasteiger partial charge on any atom is -0.490 e. The summed E-state index contributed by atoms with van der Waals surface area (Å²) in [7, 11) is 0. The number of aryl methyl sites for hydroxylation is 1. The second-order valence-electron chi connectivity index (χ2n) is 6.63. The van der Waals surface area contributed by atoms with Crippen molar-refractivity contribution in [3.05, 3.63) is 78.1 Å². The number of amides is 1. The highest BCUT2D eigenvalue weighted by Gasteiger charge is 2.16. The number of fused-ring (bicyclic) bond motifs is 1. The third-order valence-corrected chi connectivity index (χ3v) is 4.54. The zero-order valence-electron chi connectivity index (χ0n) is 16.2. The number of carbonyl (C=O) groups excluding carboxylic acids is 2. The summed E-state index contributed by atoms with van der Waals surface area (Å²) >= 11 is 0. The van der Waals surface area contributed by atoms with Gasteiger partial charge < -0.3 is 19.5 Å². The topological polar surface area (TPSA) is 86.8 Å². The van der Waals surface area contributed by atoms with Crippen molar-refractivity contribution in [3.8, 4) is 17.2 Å². The lowest BCUT2D eigenvalue weighted by atomic mass is 10.0. The molecule has 3 aromatic rings. The standard InChI is InChI=1S/C23H20N2O5/c26-22-8-5-16-15-18(6-7-20(16)25-22)28-13-14-29-23(27)19-3-1-2-4-21(19)30-17-9-11-24-12-10-17/h1-4,6-7,9-12,15H,5,8,13-14H2,(H,25,26).